The molecule has 5 heteroatoms. The number of halogens is 1. The van der Waals surface area contributed by atoms with Gasteiger partial charge in [-0.2, -0.15) is 0 Å². The summed E-state index contributed by atoms with van der Waals surface area (Å²) in [7, 11) is 2.02. The average Bonchev–Trinajstić information content (AvgIpc) is 2.94. The van der Waals surface area contributed by atoms with Crippen LogP contribution in [0.1, 0.15) is 21.7 Å². The summed E-state index contributed by atoms with van der Waals surface area (Å²) in [5.74, 6) is -1.02. The van der Waals surface area contributed by atoms with Crippen molar-refractivity contribution >= 4 is 28.5 Å². The van der Waals surface area contributed by atoms with Gasteiger partial charge in [0.15, 0.2) is 0 Å². The Balaban J connectivity index is 1.93. The van der Waals surface area contributed by atoms with Crippen LogP contribution in [-0.4, -0.2) is 20.6 Å². The molecule has 0 aliphatic heterocycles. The number of hydrogen-bond donors (Lipinski definition) is 1. The molecule has 0 aliphatic carbocycles. The standard InChI is InChI=1S/C22H17ClN2O2/c1-25-20-12-15(23)10-11-17(20)18(21(25)14-6-3-2-4-7-14)13-16-8-5-9-19(24-16)22(26)27/h2-12H,13H2,1H3,(H,26,27). The third-order valence-corrected chi connectivity index (χ3v) is 4.93. The van der Waals surface area contributed by atoms with E-state index in [0.29, 0.717) is 11.4 Å². The van der Waals surface area contributed by atoms with Crippen LogP contribution < -0.4 is 0 Å². The van der Waals surface area contributed by atoms with Crippen molar-refractivity contribution in [1.29, 1.82) is 0 Å². The summed E-state index contributed by atoms with van der Waals surface area (Å²) < 4.78 is 2.13. The number of aromatic nitrogens is 2. The Morgan fingerprint density at radius 1 is 1.07 bits per heavy atom. The van der Waals surface area contributed by atoms with Crippen LogP contribution in [0.4, 0.5) is 0 Å². The Hall–Kier alpha value is -3.11. The first-order valence-electron chi connectivity index (χ1n) is 8.56. The zero-order valence-corrected chi connectivity index (χ0v) is 15.4. The highest BCUT2D eigenvalue weighted by Crippen LogP contribution is 2.35. The molecule has 0 aliphatic rings. The minimum absolute atomic E-state index is 0.0528. The molecule has 0 amide bonds. The number of carboxylic acid groups (broad SMARTS) is 1. The fraction of sp³-hybridized carbons (Fsp3) is 0.0909. The number of aryl methyl sites for hydroxylation is 1. The van der Waals surface area contributed by atoms with Gasteiger partial charge in [0.25, 0.3) is 0 Å². The van der Waals surface area contributed by atoms with Crippen LogP contribution in [0.2, 0.25) is 5.02 Å². The zero-order valence-electron chi connectivity index (χ0n) is 14.7. The highest BCUT2D eigenvalue weighted by molar-refractivity contribution is 6.31. The first-order chi connectivity index (χ1) is 13.0. The summed E-state index contributed by atoms with van der Waals surface area (Å²) in [6.45, 7) is 0. The van der Waals surface area contributed by atoms with Gasteiger partial charge in [-0.05, 0) is 35.4 Å². The first kappa shape index (κ1) is 17.3. The van der Waals surface area contributed by atoms with Crippen LogP contribution in [0, 0.1) is 0 Å². The van der Waals surface area contributed by atoms with Gasteiger partial charge < -0.3 is 9.67 Å². The van der Waals surface area contributed by atoms with E-state index in [4.69, 9.17) is 11.6 Å². The van der Waals surface area contributed by atoms with Crippen LogP contribution in [0.15, 0.2) is 66.7 Å². The summed E-state index contributed by atoms with van der Waals surface area (Å²) in [4.78, 5) is 15.6. The summed E-state index contributed by atoms with van der Waals surface area (Å²) in [5.41, 5.74) is 5.08. The van der Waals surface area contributed by atoms with Crippen molar-refractivity contribution in [2.24, 2.45) is 7.05 Å². The smallest absolute Gasteiger partial charge is 0.354 e. The van der Waals surface area contributed by atoms with Crippen molar-refractivity contribution in [2.75, 3.05) is 0 Å². The molecule has 0 saturated carbocycles. The van der Waals surface area contributed by atoms with Gasteiger partial charge in [-0.25, -0.2) is 9.78 Å². The molecule has 4 rings (SSSR count). The molecule has 0 bridgehead atoms. The van der Waals surface area contributed by atoms with Gasteiger partial charge in [0.05, 0.1) is 11.2 Å². The number of hydrogen-bond acceptors (Lipinski definition) is 2. The van der Waals surface area contributed by atoms with Crippen molar-refractivity contribution in [2.45, 2.75) is 6.42 Å². The van der Waals surface area contributed by atoms with E-state index in [9.17, 15) is 9.90 Å². The topological polar surface area (TPSA) is 55.1 Å². The van der Waals surface area contributed by atoms with Gasteiger partial charge in [-0.1, -0.05) is 54.1 Å². The first-order valence-corrected chi connectivity index (χ1v) is 8.94. The Kier molecular flexibility index (Phi) is 4.42. The third kappa shape index (κ3) is 3.20. The van der Waals surface area contributed by atoms with Crippen molar-refractivity contribution in [3.8, 4) is 11.3 Å². The summed E-state index contributed by atoms with van der Waals surface area (Å²) in [6.07, 6.45) is 0.532. The van der Waals surface area contributed by atoms with E-state index in [1.807, 2.05) is 49.5 Å². The van der Waals surface area contributed by atoms with E-state index in [-0.39, 0.29) is 5.69 Å². The predicted octanol–water partition coefficient (Wildman–Crippen LogP) is 5.18. The second kappa shape index (κ2) is 6.89. The van der Waals surface area contributed by atoms with E-state index in [0.717, 1.165) is 33.4 Å². The molecule has 1 N–H and O–H groups in total. The summed E-state index contributed by atoms with van der Waals surface area (Å²) in [6, 6.07) is 21.1. The van der Waals surface area contributed by atoms with Crippen LogP contribution >= 0.6 is 11.6 Å². The van der Waals surface area contributed by atoms with E-state index < -0.39 is 5.97 Å². The predicted molar refractivity (Wildman–Crippen MR) is 107 cm³/mol. The highest BCUT2D eigenvalue weighted by atomic mass is 35.5. The van der Waals surface area contributed by atoms with Crippen molar-refractivity contribution in [3.63, 3.8) is 0 Å². The van der Waals surface area contributed by atoms with Crippen LogP contribution in [0.5, 0.6) is 0 Å². The highest BCUT2D eigenvalue weighted by Gasteiger charge is 2.18. The second-order valence-corrected chi connectivity index (χ2v) is 6.85. The van der Waals surface area contributed by atoms with Gasteiger partial charge in [0.2, 0.25) is 0 Å². The molecule has 2 aromatic carbocycles. The summed E-state index contributed by atoms with van der Waals surface area (Å²) in [5, 5.41) is 11.0. The zero-order chi connectivity index (χ0) is 19.0. The molecule has 0 atom stereocenters. The number of aromatic carboxylic acids is 1. The molecule has 134 valence electrons. The molecule has 0 radical (unpaired) electrons. The Morgan fingerprint density at radius 3 is 2.59 bits per heavy atom. The third-order valence-electron chi connectivity index (χ3n) is 4.70. The Labute approximate surface area is 161 Å². The molecule has 0 spiro atoms. The lowest BCUT2D eigenvalue weighted by atomic mass is 10.0. The van der Waals surface area contributed by atoms with Crippen LogP contribution in [0.25, 0.3) is 22.2 Å². The number of nitrogens with zero attached hydrogens (tertiary/aromatic N) is 2. The number of pyridine rings is 1. The minimum Gasteiger partial charge on any atom is -0.477 e. The van der Waals surface area contributed by atoms with Gasteiger partial charge in [-0.15, -0.1) is 0 Å². The second-order valence-electron chi connectivity index (χ2n) is 6.41. The van der Waals surface area contributed by atoms with E-state index >= 15 is 0 Å². The molecule has 27 heavy (non-hydrogen) atoms. The lowest BCUT2D eigenvalue weighted by molar-refractivity contribution is 0.0690. The lowest BCUT2D eigenvalue weighted by Crippen LogP contribution is -2.03. The van der Waals surface area contributed by atoms with E-state index in [2.05, 4.69) is 21.7 Å². The quantitative estimate of drug-likeness (QED) is 0.533. The van der Waals surface area contributed by atoms with Gasteiger partial charge in [0.1, 0.15) is 5.69 Å². The van der Waals surface area contributed by atoms with E-state index in [1.54, 1.807) is 6.07 Å². The molecule has 0 fully saturated rings. The van der Waals surface area contributed by atoms with E-state index in [1.165, 1.54) is 6.07 Å². The maximum Gasteiger partial charge on any atom is 0.354 e. The molecule has 4 aromatic rings. The number of carboxylic acids is 1. The Morgan fingerprint density at radius 2 is 1.85 bits per heavy atom. The number of carbonyl (C=O) groups is 1. The van der Waals surface area contributed by atoms with Crippen LogP contribution in [0.3, 0.4) is 0 Å². The van der Waals surface area contributed by atoms with Gasteiger partial charge >= 0.3 is 5.97 Å². The molecule has 0 saturated heterocycles. The minimum atomic E-state index is -1.02. The van der Waals surface area contributed by atoms with Crippen molar-refractivity contribution in [3.05, 3.63) is 88.7 Å². The fourth-order valence-corrected chi connectivity index (χ4v) is 3.68. The van der Waals surface area contributed by atoms with Crippen molar-refractivity contribution in [1.82, 2.24) is 9.55 Å². The molecule has 2 heterocycles. The summed E-state index contributed by atoms with van der Waals surface area (Å²) >= 11 is 6.22. The van der Waals surface area contributed by atoms with Crippen molar-refractivity contribution < 1.29 is 9.90 Å². The molecule has 0 unspecified atom stereocenters. The normalized spacial score (nSPS) is 11.0. The maximum absolute atomic E-state index is 11.3. The van der Waals surface area contributed by atoms with Gasteiger partial charge in [-0.3, -0.25) is 0 Å². The number of benzene rings is 2. The van der Waals surface area contributed by atoms with Crippen LogP contribution in [-0.2, 0) is 13.5 Å². The molecule has 2 aromatic heterocycles. The molecule has 4 nitrogen and oxygen atoms in total. The molecular weight excluding hydrogens is 360 g/mol. The maximum atomic E-state index is 11.3. The number of rotatable bonds is 4. The molecular formula is C22H17ClN2O2. The number of fused-ring (bicyclic) bond motifs is 1. The largest absolute Gasteiger partial charge is 0.477 e. The fourth-order valence-electron chi connectivity index (χ4n) is 3.51. The Bertz CT molecular complexity index is 1150. The van der Waals surface area contributed by atoms with Gasteiger partial charge in [0, 0.05) is 29.6 Å². The SMILES string of the molecule is Cn1c(-c2ccccc2)c(Cc2cccc(C(=O)O)n2)c2ccc(Cl)cc21. The monoisotopic (exact) mass is 376 g/mol. The lowest BCUT2D eigenvalue weighted by Gasteiger charge is -2.09. The average molecular weight is 377 g/mol.